The molecule has 0 unspecified atom stereocenters. The number of rotatable bonds is 4. The van der Waals surface area contributed by atoms with Gasteiger partial charge in [0.15, 0.2) is 0 Å². The van der Waals surface area contributed by atoms with E-state index < -0.39 is 0 Å². The molecule has 0 aliphatic carbocycles. The minimum absolute atomic E-state index is 0.0906. The fraction of sp³-hybridized carbons (Fsp3) is 0.571. The van der Waals surface area contributed by atoms with Gasteiger partial charge in [-0.25, -0.2) is 4.39 Å². The topological polar surface area (TPSA) is 15.3 Å². The molecule has 1 fully saturated rings. The Kier molecular flexibility index (Phi) is 4.37. The third-order valence-corrected chi connectivity index (χ3v) is 3.29. The lowest BCUT2D eigenvalue weighted by atomic mass is 10.1. The van der Waals surface area contributed by atoms with E-state index in [1.54, 1.807) is 6.07 Å². The van der Waals surface area contributed by atoms with E-state index in [2.05, 4.69) is 17.1 Å². The average molecular weight is 236 g/mol. The molecule has 1 saturated heterocycles. The molecule has 0 spiro atoms. The zero-order chi connectivity index (χ0) is 12.1. The molecule has 1 aliphatic rings. The lowest BCUT2D eigenvalue weighted by molar-refractivity contribution is 0.556. The first-order chi connectivity index (χ1) is 8.31. The van der Waals surface area contributed by atoms with Gasteiger partial charge in [0, 0.05) is 19.6 Å². The van der Waals surface area contributed by atoms with Crippen molar-refractivity contribution in [2.45, 2.75) is 32.7 Å². The lowest BCUT2D eigenvalue weighted by Crippen LogP contribution is -2.30. The van der Waals surface area contributed by atoms with Crippen molar-refractivity contribution in [3.63, 3.8) is 0 Å². The van der Waals surface area contributed by atoms with Crippen molar-refractivity contribution < 1.29 is 4.39 Å². The van der Waals surface area contributed by atoms with E-state index >= 15 is 0 Å². The zero-order valence-electron chi connectivity index (χ0n) is 10.5. The van der Waals surface area contributed by atoms with Crippen molar-refractivity contribution in [1.29, 1.82) is 0 Å². The molecule has 1 heterocycles. The summed E-state index contributed by atoms with van der Waals surface area (Å²) in [5.41, 5.74) is 1.94. The fourth-order valence-corrected chi connectivity index (χ4v) is 2.31. The van der Waals surface area contributed by atoms with Gasteiger partial charge in [-0.1, -0.05) is 13.0 Å². The number of piperidine rings is 1. The highest BCUT2D eigenvalue weighted by molar-refractivity contribution is 5.50. The van der Waals surface area contributed by atoms with Crippen LogP contribution in [-0.4, -0.2) is 19.6 Å². The van der Waals surface area contributed by atoms with Crippen molar-refractivity contribution in [3.05, 3.63) is 29.6 Å². The molecular formula is C14H21FN2. The van der Waals surface area contributed by atoms with Crippen molar-refractivity contribution in [1.82, 2.24) is 5.32 Å². The Labute approximate surface area is 103 Å². The molecule has 0 bridgehead atoms. The van der Waals surface area contributed by atoms with Gasteiger partial charge in [0.25, 0.3) is 0 Å². The van der Waals surface area contributed by atoms with Crippen LogP contribution in [0, 0.1) is 5.82 Å². The summed E-state index contributed by atoms with van der Waals surface area (Å²) in [4.78, 5) is 2.17. The molecule has 1 aromatic carbocycles. The molecule has 2 rings (SSSR count). The molecule has 2 nitrogen and oxygen atoms in total. The minimum atomic E-state index is -0.0906. The monoisotopic (exact) mass is 236 g/mol. The van der Waals surface area contributed by atoms with Gasteiger partial charge in [0.05, 0.1) is 5.69 Å². The highest BCUT2D eigenvalue weighted by Gasteiger charge is 2.14. The summed E-state index contributed by atoms with van der Waals surface area (Å²) in [5, 5.41) is 3.27. The number of benzene rings is 1. The van der Waals surface area contributed by atoms with E-state index in [0.29, 0.717) is 0 Å². The summed E-state index contributed by atoms with van der Waals surface area (Å²) in [6.45, 7) is 5.81. The summed E-state index contributed by atoms with van der Waals surface area (Å²) >= 11 is 0. The van der Waals surface area contributed by atoms with Crippen LogP contribution in [0.4, 0.5) is 10.1 Å². The lowest BCUT2D eigenvalue weighted by Gasteiger charge is -2.29. The molecule has 17 heavy (non-hydrogen) atoms. The summed E-state index contributed by atoms with van der Waals surface area (Å²) in [7, 11) is 0. The van der Waals surface area contributed by atoms with Crippen LogP contribution >= 0.6 is 0 Å². The molecule has 3 heteroatoms. The molecule has 0 aromatic heterocycles. The van der Waals surface area contributed by atoms with Crippen LogP contribution in [-0.2, 0) is 6.54 Å². The van der Waals surface area contributed by atoms with E-state index in [4.69, 9.17) is 0 Å². The van der Waals surface area contributed by atoms with E-state index in [0.717, 1.165) is 37.4 Å². The second-order valence-electron chi connectivity index (χ2n) is 4.61. The van der Waals surface area contributed by atoms with Crippen LogP contribution in [0.5, 0.6) is 0 Å². The Bertz CT molecular complexity index is 359. The molecule has 1 aromatic rings. The van der Waals surface area contributed by atoms with Crippen molar-refractivity contribution in [2.24, 2.45) is 0 Å². The Morgan fingerprint density at radius 1 is 1.24 bits per heavy atom. The summed E-state index contributed by atoms with van der Waals surface area (Å²) in [5.74, 6) is -0.0906. The van der Waals surface area contributed by atoms with Gasteiger partial charge >= 0.3 is 0 Å². The van der Waals surface area contributed by atoms with Crippen molar-refractivity contribution in [3.8, 4) is 0 Å². The molecule has 0 saturated carbocycles. The molecular weight excluding hydrogens is 215 g/mol. The second kappa shape index (κ2) is 6.01. The van der Waals surface area contributed by atoms with Crippen molar-refractivity contribution >= 4 is 5.69 Å². The van der Waals surface area contributed by atoms with Crippen LogP contribution in [0.15, 0.2) is 18.2 Å². The smallest absolute Gasteiger partial charge is 0.146 e. The number of nitrogens with one attached hydrogen (secondary N) is 1. The van der Waals surface area contributed by atoms with Gasteiger partial charge in [-0.05, 0) is 43.5 Å². The number of halogens is 1. The molecule has 94 valence electrons. The van der Waals surface area contributed by atoms with E-state index in [1.807, 2.05) is 12.1 Å². The molecule has 1 aliphatic heterocycles. The maximum Gasteiger partial charge on any atom is 0.146 e. The average Bonchev–Trinajstić information content (AvgIpc) is 2.39. The Balaban J connectivity index is 2.13. The highest BCUT2D eigenvalue weighted by Crippen LogP contribution is 2.24. The van der Waals surface area contributed by atoms with E-state index in [9.17, 15) is 4.39 Å². The maximum absolute atomic E-state index is 13.8. The van der Waals surface area contributed by atoms with Gasteiger partial charge in [0.2, 0.25) is 0 Å². The number of anilines is 1. The number of hydrogen-bond donors (Lipinski definition) is 1. The predicted molar refractivity (Wildman–Crippen MR) is 69.8 cm³/mol. The molecule has 0 amide bonds. The first-order valence-corrected chi connectivity index (χ1v) is 6.55. The van der Waals surface area contributed by atoms with E-state index in [-0.39, 0.29) is 5.82 Å². The largest absolute Gasteiger partial charge is 0.369 e. The maximum atomic E-state index is 13.8. The highest BCUT2D eigenvalue weighted by atomic mass is 19.1. The zero-order valence-corrected chi connectivity index (χ0v) is 10.5. The first kappa shape index (κ1) is 12.4. The van der Waals surface area contributed by atoms with E-state index in [1.165, 1.54) is 19.3 Å². The molecule has 0 radical (unpaired) electrons. The van der Waals surface area contributed by atoms with Gasteiger partial charge < -0.3 is 10.2 Å². The van der Waals surface area contributed by atoms with Crippen LogP contribution in [0.1, 0.15) is 31.7 Å². The van der Waals surface area contributed by atoms with Gasteiger partial charge in [-0.3, -0.25) is 0 Å². The fourth-order valence-electron chi connectivity index (χ4n) is 2.31. The van der Waals surface area contributed by atoms with Crippen LogP contribution in [0.3, 0.4) is 0 Å². The minimum Gasteiger partial charge on any atom is -0.369 e. The van der Waals surface area contributed by atoms with Crippen LogP contribution in [0.2, 0.25) is 0 Å². The quantitative estimate of drug-likeness (QED) is 0.864. The SMILES string of the molecule is CCNCc1ccc(F)c(N2CCCCC2)c1. The normalized spacial score (nSPS) is 16.2. The third kappa shape index (κ3) is 3.19. The predicted octanol–water partition coefficient (Wildman–Crippen LogP) is 2.93. The number of hydrogen-bond acceptors (Lipinski definition) is 2. The first-order valence-electron chi connectivity index (χ1n) is 6.55. The van der Waals surface area contributed by atoms with Gasteiger partial charge in [-0.2, -0.15) is 0 Å². The Hall–Kier alpha value is -1.09. The molecule has 1 N–H and O–H groups in total. The van der Waals surface area contributed by atoms with Gasteiger partial charge in [0.1, 0.15) is 5.82 Å². The Morgan fingerprint density at radius 2 is 2.00 bits per heavy atom. The third-order valence-electron chi connectivity index (χ3n) is 3.29. The van der Waals surface area contributed by atoms with Crippen molar-refractivity contribution in [2.75, 3.05) is 24.5 Å². The molecule has 0 atom stereocenters. The summed E-state index contributed by atoms with van der Waals surface area (Å²) in [6, 6.07) is 5.45. The van der Waals surface area contributed by atoms with Gasteiger partial charge in [-0.15, -0.1) is 0 Å². The van der Waals surface area contributed by atoms with Crippen LogP contribution < -0.4 is 10.2 Å². The summed E-state index contributed by atoms with van der Waals surface area (Å²) < 4.78 is 13.8. The second-order valence-corrected chi connectivity index (χ2v) is 4.61. The number of nitrogens with zero attached hydrogens (tertiary/aromatic N) is 1. The standard InChI is InChI=1S/C14H21FN2/c1-2-16-11-12-6-7-13(15)14(10-12)17-8-4-3-5-9-17/h6-7,10,16H,2-5,8-9,11H2,1H3. The van der Waals surface area contributed by atoms with Crippen LogP contribution in [0.25, 0.3) is 0 Å². The summed E-state index contributed by atoms with van der Waals surface area (Å²) in [6.07, 6.45) is 3.63. The Morgan fingerprint density at radius 3 is 2.71 bits per heavy atom.